The van der Waals surface area contributed by atoms with E-state index in [-0.39, 0.29) is 23.6 Å². The van der Waals surface area contributed by atoms with Gasteiger partial charge < -0.3 is 20.6 Å². The molecule has 1 aliphatic rings. The number of benzene rings is 2. The molecule has 2 aromatic rings. The Morgan fingerprint density at radius 3 is 2.05 bits per heavy atom. The zero-order valence-corrected chi connectivity index (χ0v) is 20.4. The Morgan fingerprint density at radius 1 is 0.973 bits per heavy atom. The van der Waals surface area contributed by atoms with Crippen molar-refractivity contribution in [3.05, 3.63) is 65.7 Å². The van der Waals surface area contributed by atoms with E-state index in [1.54, 1.807) is 36.1 Å². The van der Waals surface area contributed by atoms with E-state index in [0.29, 0.717) is 50.1 Å². The lowest BCUT2D eigenvalue weighted by Gasteiger charge is -2.31. The summed E-state index contributed by atoms with van der Waals surface area (Å²) < 4.78 is 31.7. The normalized spacial score (nSPS) is 13.7. The summed E-state index contributed by atoms with van der Waals surface area (Å²) in [5, 5.41) is 12.9. The molecule has 0 aromatic heterocycles. The molecule has 1 heterocycles. The Bertz CT molecular complexity index is 1050. The highest BCUT2D eigenvalue weighted by molar-refractivity contribution is 5.96. The third-order valence-corrected chi connectivity index (χ3v) is 5.69. The summed E-state index contributed by atoms with van der Waals surface area (Å²) in [7, 11) is 0. The lowest BCUT2D eigenvalue weighted by molar-refractivity contribution is -0.192. The summed E-state index contributed by atoms with van der Waals surface area (Å²) in [5.41, 5.74) is 2.48. The highest BCUT2D eigenvalue weighted by Gasteiger charge is 2.38. The number of piperidine rings is 1. The van der Waals surface area contributed by atoms with Gasteiger partial charge >= 0.3 is 12.1 Å². The van der Waals surface area contributed by atoms with E-state index >= 15 is 0 Å². The minimum atomic E-state index is -5.08. The van der Waals surface area contributed by atoms with E-state index in [1.165, 1.54) is 5.56 Å². The molecule has 0 unspecified atom stereocenters. The van der Waals surface area contributed by atoms with Gasteiger partial charge in [-0.2, -0.15) is 13.2 Å². The largest absolute Gasteiger partial charge is 0.490 e. The number of carboxylic acids is 1. The van der Waals surface area contributed by atoms with Crippen LogP contribution in [0.2, 0.25) is 0 Å². The van der Waals surface area contributed by atoms with E-state index in [0.717, 1.165) is 6.42 Å². The molecule has 37 heavy (non-hydrogen) atoms. The first-order valence-corrected chi connectivity index (χ1v) is 11.8. The van der Waals surface area contributed by atoms with E-state index < -0.39 is 12.1 Å². The van der Waals surface area contributed by atoms with Gasteiger partial charge in [-0.3, -0.25) is 14.4 Å². The second kappa shape index (κ2) is 14.0. The minimum Gasteiger partial charge on any atom is -0.475 e. The molecule has 3 N–H and O–H groups in total. The Labute approximate surface area is 212 Å². The number of carbonyl (C=O) groups excluding carboxylic acids is 3. The molecule has 0 spiro atoms. The lowest BCUT2D eigenvalue weighted by Crippen LogP contribution is -2.43. The van der Waals surface area contributed by atoms with Crippen molar-refractivity contribution < 1.29 is 37.5 Å². The number of rotatable bonds is 7. The van der Waals surface area contributed by atoms with Gasteiger partial charge in [-0.05, 0) is 49.1 Å². The number of carbonyl (C=O) groups is 4. The molecule has 8 nitrogen and oxygen atoms in total. The van der Waals surface area contributed by atoms with Crippen LogP contribution in [0.3, 0.4) is 0 Å². The molecule has 0 saturated carbocycles. The molecule has 1 fully saturated rings. The van der Waals surface area contributed by atoms with Crippen molar-refractivity contribution in [3.8, 4) is 0 Å². The number of nitrogens with zero attached hydrogens (tertiary/aromatic N) is 1. The molecule has 1 saturated heterocycles. The second-order valence-corrected chi connectivity index (χ2v) is 8.38. The molecule has 200 valence electrons. The number of nitrogens with one attached hydrogen (secondary N) is 2. The van der Waals surface area contributed by atoms with Gasteiger partial charge in [0.1, 0.15) is 0 Å². The van der Waals surface area contributed by atoms with Gasteiger partial charge in [0.05, 0.1) is 0 Å². The van der Waals surface area contributed by atoms with E-state index in [2.05, 4.69) is 22.8 Å². The molecular formula is C26H30F3N3O5. The Balaban J connectivity index is 0.000000604. The average Bonchev–Trinajstić information content (AvgIpc) is 2.89. The standard InChI is InChI=1S/C24H29N3O3.C2HF3O2/c1-2-22(28)26-21-10-8-20(9-11-21)24(30)27-16-13-19(14-17-27)23(29)25-15-12-18-6-4-3-5-7-18;3-2(4,5)1(6)7/h3-11,19H,2,12-17H2,1H3,(H,25,29)(H,26,28);(H,6,7). The van der Waals surface area contributed by atoms with E-state index in [4.69, 9.17) is 9.90 Å². The van der Waals surface area contributed by atoms with Crippen molar-refractivity contribution in [1.29, 1.82) is 0 Å². The molecule has 0 bridgehead atoms. The van der Waals surface area contributed by atoms with E-state index in [1.807, 2.05) is 18.2 Å². The maximum atomic E-state index is 12.7. The SMILES string of the molecule is CCC(=O)Nc1ccc(C(=O)N2CCC(C(=O)NCCc3ccccc3)CC2)cc1.O=C(O)C(F)(F)F. The number of aliphatic carboxylic acids is 1. The Morgan fingerprint density at radius 2 is 1.54 bits per heavy atom. The summed E-state index contributed by atoms with van der Waals surface area (Å²) in [5.74, 6) is -2.82. The van der Waals surface area contributed by atoms with Crippen LogP contribution in [0.4, 0.5) is 18.9 Å². The van der Waals surface area contributed by atoms with Crippen molar-refractivity contribution in [2.45, 2.75) is 38.8 Å². The molecule has 2 aromatic carbocycles. The number of hydrogen-bond acceptors (Lipinski definition) is 4. The van der Waals surface area contributed by atoms with Gasteiger partial charge in [0.15, 0.2) is 0 Å². The predicted octanol–water partition coefficient (Wildman–Crippen LogP) is 3.88. The number of halogens is 3. The van der Waals surface area contributed by atoms with Crippen LogP contribution in [0, 0.1) is 5.92 Å². The average molecular weight is 522 g/mol. The number of amides is 3. The first-order chi connectivity index (χ1) is 17.5. The van der Waals surface area contributed by atoms with Crippen LogP contribution in [-0.4, -0.2) is 59.5 Å². The highest BCUT2D eigenvalue weighted by Crippen LogP contribution is 2.20. The molecule has 0 aliphatic carbocycles. The number of likely N-dealkylation sites (tertiary alicyclic amines) is 1. The number of carboxylic acid groups (broad SMARTS) is 1. The van der Waals surface area contributed by atoms with Crippen LogP contribution in [0.25, 0.3) is 0 Å². The maximum absolute atomic E-state index is 12.7. The highest BCUT2D eigenvalue weighted by atomic mass is 19.4. The van der Waals surface area contributed by atoms with Crippen LogP contribution >= 0.6 is 0 Å². The first-order valence-electron chi connectivity index (χ1n) is 11.8. The summed E-state index contributed by atoms with van der Waals surface area (Å²) in [6.07, 6.45) is -2.50. The first kappa shape index (κ1) is 29.3. The third kappa shape index (κ3) is 9.94. The molecule has 3 rings (SSSR count). The molecule has 11 heteroatoms. The molecule has 1 aliphatic heterocycles. The van der Waals surface area contributed by atoms with E-state index in [9.17, 15) is 27.6 Å². The summed E-state index contributed by atoms with van der Waals surface area (Å²) >= 11 is 0. The topological polar surface area (TPSA) is 116 Å². The van der Waals surface area contributed by atoms with Crippen molar-refractivity contribution >= 4 is 29.4 Å². The fourth-order valence-corrected chi connectivity index (χ4v) is 3.59. The molecular weight excluding hydrogens is 491 g/mol. The molecule has 0 atom stereocenters. The van der Waals surface area contributed by atoms with Crippen LogP contribution < -0.4 is 10.6 Å². The summed E-state index contributed by atoms with van der Waals surface area (Å²) in [4.78, 5) is 47.3. The van der Waals surface area contributed by atoms with Gasteiger partial charge in [0.25, 0.3) is 5.91 Å². The summed E-state index contributed by atoms with van der Waals surface area (Å²) in [6, 6.07) is 17.0. The third-order valence-electron chi connectivity index (χ3n) is 5.69. The summed E-state index contributed by atoms with van der Waals surface area (Å²) in [6.45, 7) is 3.57. The lowest BCUT2D eigenvalue weighted by atomic mass is 9.95. The van der Waals surface area contributed by atoms with Crippen LogP contribution in [0.1, 0.15) is 42.1 Å². The predicted molar refractivity (Wildman–Crippen MR) is 131 cm³/mol. The second-order valence-electron chi connectivity index (χ2n) is 8.38. The van der Waals surface area contributed by atoms with Gasteiger partial charge in [-0.1, -0.05) is 37.3 Å². The van der Waals surface area contributed by atoms with Gasteiger partial charge in [0.2, 0.25) is 11.8 Å². The minimum absolute atomic E-state index is 0.0358. The van der Waals surface area contributed by atoms with Gasteiger partial charge in [-0.15, -0.1) is 0 Å². The zero-order chi connectivity index (χ0) is 27.4. The van der Waals surface area contributed by atoms with Crippen LogP contribution in [0.5, 0.6) is 0 Å². The maximum Gasteiger partial charge on any atom is 0.490 e. The smallest absolute Gasteiger partial charge is 0.475 e. The van der Waals surface area contributed by atoms with Crippen LogP contribution in [0.15, 0.2) is 54.6 Å². The monoisotopic (exact) mass is 521 g/mol. The quantitative estimate of drug-likeness (QED) is 0.512. The fourth-order valence-electron chi connectivity index (χ4n) is 3.59. The molecule has 0 radical (unpaired) electrons. The number of alkyl halides is 3. The van der Waals surface area contributed by atoms with Crippen molar-refractivity contribution in [2.24, 2.45) is 5.92 Å². The zero-order valence-electron chi connectivity index (χ0n) is 20.4. The van der Waals surface area contributed by atoms with Gasteiger partial charge in [-0.25, -0.2) is 4.79 Å². The van der Waals surface area contributed by atoms with Crippen molar-refractivity contribution in [2.75, 3.05) is 25.0 Å². The number of hydrogen-bond donors (Lipinski definition) is 3. The fraction of sp³-hybridized carbons (Fsp3) is 0.385. The van der Waals surface area contributed by atoms with Crippen LogP contribution in [-0.2, 0) is 20.8 Å². The Kier molecular flexibility index (Phi) is 11.1. The van der Waals surface area contributed by atoms with Crippen molar-refractivity contribution in [1.82, 2.24) is 10.2 Å². The molecule has 3 amide bonds. The van der Waals surface area contributed by atoms with Crippen molar-refractivity contribution in [3.63, 3.8) is 0 Å². The van der Waals surface area contributed by atoms with Gasteiger partial charge in [0, 0.05) is 43.2 Å². The Hall–Kier alpha value is -3.89. The number of anilines is 1.